The molecular weight excluding hydrogens is 350 g/mol. The van der Waals surface area contributed by atoms with Gasteiger partial charge in [-0.15, -0.1) is 0 Å². The highest BCUT2D eigenvalue weighted by molar-refractivity contribution is 7.78. The van der Waals surface area contributed by atoms with Crippen molar-refractivity contribution in [3.05, 3.63) is 53.3 Å². The maximum Gasteiger partial charge on any atom is 0.161 e. The van der Waals surface area contributed by atoms with Gasteiger partial charge in [-0.05, 0) is 25.3 Å². The van der Waals surface area contributed by atoms with Crippen LogP contribution in [0.5, 0.6) is 0 Å². The zero-order chi connectivity index (χ0) is 18.1. The van der Waals surface area contributed by atoms with Gasteiger partial charge >= 0.3 is 0 Å². The number of anilines is 2. The SMILES string of the molecule is Cc1cnc(-c2ccc(CS(=O)O)cc2)nc1Nc1cc(C2CC2)[nH]n1. The number of hydrogen-bond acceptors (Lipinski definition) is 5. The van der Waals surface area contributed by atoms with Crippen molar-refractivity contribution in [2.45, 2.75) is 31.4 Å². The van der Waals surface area contributed by atoms with Crippen LogP contribution >= 0.6 is 0 Å². The Kier molecular flexibility index (Phi) is 4.52. The molecule has 1 fully saturated rings. The van der Waals surface area contributed by atoms with Crippen LogP contribution in [0.3, 0.4) is 0 Å². The van der Waals surface area contributed by atoms with Crippen molar-refractivity contribution in [3.8, 4) is 11.4 Å². The summed E-state index contributed by atoms with van der Waals surface area (Å²) in [5.41, 5.74) is 3.73. The molecule has 3 N–H and O–H groups in total. The maximum absolute atomic E-state index is 10.9. The summed E-state index contributed by atoms with van der Waals surface area (Å²) in [7, 11) is 0. The van der Waals surface area contributed by atoms with Crippen molar-refractivity contribution in [3.63, 3.8) is 0 Å². The Morgan fingerprint density at radius 3 is 2.77 bits per heavy atom. The second kappa shape index (κ2) is 6.97. The number of rotatable bonds is 6. The molecule has 0 aliphatic heterocycles. The molecule has 1 aromatic carbocycles. The molecule has 0 amide bonds. The van der Waals surface area contributed by atoms with Gasteiger partial charge in [0.25, 0.3) is 0 Å². The van der Waals surface area contributed by atoms with Crippen molar-refractivity contribution in [2.75, 3.05) is 5.32 Å². The Morgan fingerprint density at radius 2 is 2.08 bits per heavy atom. The normalized spacial score (nSPS) is 15.0. The molecule has 8 heteroatoms. The molecule has 7 nitrogen and oxygen atoms in total. The molecule has 4 rings (SSSR count). The van der Waals surface area contributed by atoms with Gasteiger partial charge in [0.15, 0.2) is 22.7 Å². The van der Waals surface area contributed by atoms with Gasteiger partial charge in [0, 0.05) is 35.0 Å². The Labute approximate surface area is 153 Å². The van der Waals surface area contributed by atoms with Crippen LogP contribution < -0.4 is 5.32 Å². The van der Waals surface area contributed by atoms with Crippen molar-refractivity contribution in [1.82, 2.24) is 20.2 Å². The molecule has 0 spiro atoms. The lowest BCUT2D eigenvalue weighted by atomic mass is 10.1. The summed E-state index contributed by atoms with van der Waals surface area (Å²) in [6, 6.07) is 9.38. The van der Waals surface area contributed by atoms with E-state index in [1.807, 2.05) is 37.3 Å². The molecule has 2 aromatic heterocycles. The largest absolute Gasteiger partial charge is 0.323 e. The van der Waals surface area contributed by atoms with Crippen LogP contribution in [0.2, 0.25) is 0 Å². The minimum Gasteiger partial charge on any atom is -0.323 e. The minimum absolute atomic E-state index is 0.115. The number of aryl methyl sites for hydroxylation is 1. The lowest BCUT2D eigenvalue weighted by Gasteiger charge is -2.08. The number of aromatic nitrogens is 4. The zero-order valence-electron chi connectivity index (χ0n) is 14.3. The average molecular weight is 369 g/mol. The number of benzene rings is 1. The summed E-state index contributed by atoms with van der Waals surface area (Å²) in [6.45, 7) is 1.94. The molecule has 0 saturated heterocycles. The van der Waals surface area contributed by atoms with E-state index in [2.05, 4.69) is 25.5 Å². The Hall–Kier alpha value is -2.58. The number of H-pyrrole nitrogens is 1. The zero-order valence-corrected chi connectivity index (χ0v) is 15.1. The lowest BCUT2D eigenvalue weighted by Crippen LogP contribution is -2.00. The first-order valence-corrected chi connectivity index (χ1v) is 9.69. The molecule has 134 valence electrons. The molecule has 1 atom stereocenters. The minimum atomic E-state index is -1.85. The summed E-state index contributed by atoms with van der Waals surface area (Å²) in [4.78, 5) is 9.01. The highest BCUT2D eigenvalue weighted by Crippen LogP contribution is 2.39. The molecule has 1 saturated carbocycles. The number of nitrogens with one attached hydrogen (secondary N) is 2. The molecule has 1 unspecified atom stereocenters. The topological polar surface area (TPSA) is 104 Å². The third kappa shape index (κ3) is 3.81. The Balaban J connectivity index is 1.55. The van der Waals surface area contributed by atoms with E-state index in [-0.39, 0.29) is 5.75 Å². The number of nitrogens with zero attached hydrogens (tertiary/aromatic N) is 3. The third-order valence-electron chi connectivity index (χ3n) is 4.34. The standard InChI is InChI=1S/C18H19N5O2S/c1-11-9-19-18(14-4-2-12(3-5-14)10-26(24)25)21-17(11)20-16-8-15(22-23-16)13-6-7-13/h2-5,8-9,13H,6-7,10H2,1H3,(H,24,25)(H2,19,20,21,22,23). The highest BCUT2D eigenvalue weighted by Gasteiger charge is 2.25. The van der Waals surface area contributed by atoms with Crippen molar-refractivity contribution in [2.24, 2.45) is 0 Å². The van der Waals surface area contributed by atoms with Gasteiger partial charge in [-0.2, -0.15) is 5.10 Å². The smallest absolute Gasteiger partial charge is 0.161 e. The molecule has 0 radical (unpaired) electrons. The van der Waals surface area contributed by atoms with Gasteiger partial charge in [-0.3, -0.25) is 5.10 Å². The van der Waals surface area contributed by atoms with Gasteiger partial charge < -0.3 is 9.87 Å². The Bertz CT molecular complexity index is 950. The summed E-state index contributed by atoms with van der Waals surface area (Å²) in [5, 5.41) is 10.6. The van der Waals surface area contributed by atoms with E-state index in [4.69, 9.17) is 4.55 Å². The van der Waals surface area contributed by atoms with E-state index in [1.165, 1.54) is 12.8 Å². The molecule has 0 bridgehead atoms. The Morgan fingerprint density at radius 1 is 1.31 bits per heavy atom. The lowest BCUT2D eigenvalue weighted by molar-refractivity contribution is 0.563. The summed E-state index contributed by atoms with van der Waals surface area (Å²) >= 11 is -1.85. The van der Waals surface area contributed by atoms with Crippen molar-refractivity contribution in [1.29, 1.82) is 0 Å². The van der Waals surface area contributed by atoms with Gasteiger partial charge in [-0.1, -0.05) is 24.3 Å². The molecule has 3 aromatic rings. The molecular formula is C18H19N5O2S. The summed E-state index contributed by atoms with van der Waals surface area (Å²) in [6.07, 6.45) is 4.21. The molecule has 1 aliphatic carbocycles. The van der Waals surface area contributed by atoms with Crippen LogP contribution in [0, 0.1) is 6.92 Å². The van der Waals surface area contributed by atoms with Crippen LogP contribution in [-0.4, -0.2) is 28.9 Å². The predicted octanol–water partition coefficient (Wildman–Crippen LogP) is 3.52. The van der Waals surface area contributed by atoms with Crippen molar-refractivity contribution < 1.29 is 8.76 Å². The fraction of sp³-hybridized carbons (Fsp3) is 0.278. The number of hydrogen-bond donors (Lipinski definition) is 3. The average Bonchev–Trinajstić information content (AvgIpc) is 3.37. The van der Waals surface area contributed by atoms with Gasteiger partial charge in [0.05, 0.1) is 5.75 Å². The highest BCUT2D eigenvalue weighted by atomic mass is 32.2. The number of aromatic amines is 1. The molecule has 1 aliphatic rings. The van der Waals surface area contributed by atoms with E-state index < -0.39 is 11.1 Å². The maximum atomic E-state index is 10.9. The first-order chi connectivity index (χ1) is 12.6. The van der Waals surface area contributed by atoms with Crippen LogP contribution in [0.1, 0.15) is 35.6 Å². The van der Waals surface area contributed by atoms with E-state index in [9.17, 15) is 4.21 Å². The van der Waals surface area contributed by atoms with Crippen LogP contribution in [0.15, 0.2) is 36.5 Å². The molecule has 26 heavy (non-hydrogen) atoms. The monoisotopic (exact) mass is 369 g/mol. The van der Waals surface area contributed by atoms with Crippen molar-refractivity contribution >= 4 is 22.7 Å². The third-order valence-corrected chi connectivity index (χ3v) is 4.92. The fourth-order valence-corrected chi connectivity index (χ4v) is 3.20. The van der Waals surface area contributed by atoms with Crippen LogP contribution in [0.25, 0.3) is 11.4 Å². The fourth-order valence-electron chi connectivity index (χ4n) is 2.73. The second-order valence-corrected chi connectivity index (χ2v) is 7.43. The first kappa shape index (κ1) is 16.9. The van der Waals surface area contributed by atoms with Gasteiger partial charge in [0.1, 0.15) is 5.82 Å². The van der Waals surface area contributed by atoms with E-state index >= 15 is 0 Å². The summed E-state index contributed by atoms with van der Waals surface area (Å²) in [5.74, 6) is 2.79. The van der Waals surface area contributed by atoms with Crippen LogP contribution in [-0.2, 0) is 16.8 Å². The quantitative estimate of drug-likeness (QED) is 0.574. The summed E-state index contributed by atoms with van der Waals surface area (Å²) < 4.78 is 19.9. The van der Waals surface area contributed by atoms with Gasteiger partial charge in [0.2, 0.25) is 0 Å². The van der Waals surface area contributed by atoms with Crippen LogP contribution in [0.4, 0.5) is 11.6 Å². The van der Waals surface area contributed by atoms with Gasteiger partial charge in [-0.25, -0.2) is 14.2 Å². The van der Waals surface area contributed by atoms with E-state index in [1.54, 1.807) is 6.20 Å². The first-order valence-electron chi connectivity index (χ1n) is 8.41. The predicted molar refractivity (Wildman–Crippen MR) is 101 cm³/mol. The van der Waals surface area contributed by atoms with E-state index in [0.29, 0.717) is 17.6 Å². The second-order valence-electron chi connectivity index (χ2n) is 6.50. The molecule has 2 heterocycles. The van der Waals surface area contributed by atoms with E-state index in [0.717, 1.165) is 28.2 Å².